The highest BCUT2D eigenvalue weighted by molar-refractivity contribution is 7.80. The van der Waals surface area contributed by atoms with Gasteiger partial charge >= 0.3 is 6.18 Å². The number of rotatable bonds is 3. The SMILES string of the molecule is CC(Oc1cc(C(N)=S)c2ccccc2n1)C(F)(F)F. The maximum atomic E-state index is 12.5. The van der Waals surface area contributed by atoms with E-state index in [9.17, 15) is 13.2 Å². The van der Waals surface area contributed by atoms with Crippen LogP contribution in [-0.2, 0) is 0 Å². The second kappa shape index (κ2) is 5.24. The number of hydrogen-bond donors (Lipinski definition) is 1. The van der Waals surface area contributed by atoms with Gasteiger partial charge in [0.2, 0.25) is 5.88 Å². The normalized spacial score (nSPS) is 13.2. The van der Waals surface area contributed by atoms with Crippen LogP contribution in [-0.4, -0.2) is 22.3 Å². The second-order valence-electron chi connectivity index (χ2n) is 4.19. The van der Waals surface area contributed by atoms with Crippen molar-refractivity contribution in [1.29, 1.82) is 0 Å². The number of thiocarbonyl (C=S) groups is 1. The first-order valence-electron chi connectivity index (χ1n) is 5.72. The van der Waals surface area contributed by atoms with E-state index in [2.05, 4.69) is 4.98 Å². The van der Waals surface area contributed by atoms with Crippen LogP contribution in [0.1, 0.15) is 12.5 Å². The molecular weight excluding hydrogens is 289 g/mol. The topological polar surface area (TPSA) is 48.1 Å². The summed E-state index contributed by atoms with van der Waals surface area (Å²) in [5.41, 5.74) is 6.51. The quantitative estimate of drug-likeness (QED) is 0.884. The highest BCUT2D eigenvalue weighted by Crippen LogP contribution is 2.27. The molecule has 0 spiro atoms. The van der Waals surface area contributed by atoms with Crippen LogP contribution in [0.3, 0.4) is 0 Å². The lowest BCUT2D eigenvalue weighted by Gasteiger charge is -2.17. The summed E-state index contributed by atoms with van der Waals surface area (Å²) in [4.78, 5) is 4.11. The van der Waals surface area contributed by atoms with Crippen LogP contribution >= 0.6 is 12.2 Å². The zero-order valence-corrected chi connectivity index (χ0v) is 11.3. The van der Waals surface area contributed by atoms with Gasteiger partial charge < -0.3 is 10.5 Å². The van der Waals surface area contributed by atoms with E-state index in [1.54, 1.807) is 24.3 Å². The van der Waals surface area contributed by atoms with Gasteiger partial charge in [0.25, 0.3) is 0 Å². The lowest BCUT2D eigenvalue weighted by molar-refractivity contribution is -0.189. The second-order valence-corrected chi connectivity index (χ2v) is 4.63. The fourth-order valence-corrected chi connectivity index (χ4v) is 1.83. The third kappa shape index (κ3) is 2.98. The number of nitrogens with two attached hydrogens (primary N) is 1. The standard InChI is InChI=1S/C13H11F3N2OS/c1-7(13(14,15)16)19-11-6-9(12(17)20)8-4-2-3-5-10(8)18-11/h2-7H,1H3,(H2,17,20). The Hall–Kier alpha value is -1.89. The van der Waals surface area contributed by atoms with Crippen molar-refractivity contribution < 1.29 is 17.9 Å². The van der Waals surface area contributed by atoms with Gasteiger partial charge in [0.15, 0.2) is 6.10 Å². The summed E-state index contributed by atoms with van der Waals surface area (Å²) in [6.07, 6.45) is -6.42. The first kappa shape index (κ1) is 14.5. The first-order chi connectivity index (χ1) is 9.29. The number of benzene rings is 1. The molecule has 1 heterocycles. The molecule has 20 heavy (non-hydrogen) atoms. The van der Waals surface area contributed by atoms with E-state index in [0.29, 0.717) is 16.5 Å². The van der Waals surface area contributed by atoms with E-state index < -0.39 is 12.3 Å². The number of aromatic nitrogens is 1. The number of alkyl halides is 3. The number of para-hydroxylation sites is 1. The molecule has 0 bridgehead atoms. The summed E-state index contributed by atoms with van der Waals surface area (Å²) in [6.45, 7) is 0.914. The van der Waals surface area contributed by atoms with Gasteiger partial charge in [0, 0.05) is 17.0 Å². The van der Waals surface area contributed by atoms with Gasteiger partial charge in [0.05, 0.1) is 5.52 Å². The average molecular weight is 300 g/mol. The van der Waals surface area contributed by atoms with Crippen LogP contribution < -0.4 is 10.5 Å². The summed E-state index contributed by atoms with van der Waals surface area (Å²) in [5.74, 6) is -0.156. The number of halogens is 3. The Morgan fingerprint density at radius 3 is 2.60 bits per heavy atom. The third-order valence-corrected chi connectivity index (χ3v) is 2.94. The molecule has 2 rings (SSSR count). The lowest BCUT2D eigenvalue weighted by Crippen LogP contribution is -2.31. The highest BCUT2D eigenvalue weighted by atomic mass is 32.1. The van der Waals surface area contributed by atoms with Crippen molar-refractivity contribution in [1.82, 2.24) is 4.98 Å². The zero-order chi connectivity index (χ0) is 14.9. The molecule has 1 atom stereocenters. The molecule has 0 radical (unpaired) electrons. The molecule has 2 N–H and O–H groups in total. The van der Waals surface area contributed by atoms with Gasteiger partial charge in [-0.25, -0.2) is 4.98 Å². The molecule has 3 nitrogen and oxygen atoms in total. The van der Waals surface area contributed by atoms with Crippen molar-refractivity contribution in [2.75, 3.05) is 0 Å². The van der Waals surface area contributed by atoms with Crippen LogP contribution in [0, 0.1) is 0 Å². The minimum atomic E-state index is -4.46. The van der Waals surface area contributed by atoms with E-state index in [-0.39, 0.29) is 10.9 Å². The molecule has 0 amide bonds. The van der Waals surface area contributed by atoms with E-state index in [1.807, 2.05) is 0 Å². The van der Waals surface area contributed by atoms with Crippen LogP contribution in [0.5, 0.6) is 5.88 Å². The van der Waals surface area contributed by atoms with Crippen LogP contribution in [0.25, 0.3) is 10.9 Å². The number of nitrogens with zero attached hydrogens (tertiary/aromatic N) is 1. The largest absolute Gasteiger partial charge is 0.465 e. The molecule has 0 fully saturated rings. The van der Waals surface area contributed by atoms with E-state index in [0.717, 1.165) is 6.92 Å². The molecule has 7 heteroatoms. The van der Waals surface area contributed by atoms with Crippen molar-refractivity contribution >= 4 is 28.1 Å². The molecule has 1 aromatic heterocycles. The van der Waals surface area contributed by atoms with Gasteiger partial charge in [0.1, 0.15) is 4.99 Å². The van der Waals surface area contributed by atoms with E-state index in [1.165, 1.54) is 6.07 Å². The molecule has 0 saturated heterocycles. The number of fused-ring (bicyclic) bond motifs is 1. The Labute approximate surface area is 118 Å². The Morgan fingerprint density at radius 2 is 2.00 bits per heavy atom. The Bertz CT molecular complexity index is 658. The maximum absolute atomic E-state index is 12.5. The summed E-state index contributed by atoms with van der Waals surface area (Å²) in [7, 11) is 0. The number of hydrogen-bond acceptors (Lipinski definition) is 3. The molecule has 0 aliphatic heterocycles. The Morgan fingerprint density at radius 1 is 1.35 bits per heavy atom. The summed E-state index contributed by atoms with van der Waals surface area (Å²) in [5, 5.41) is 0.673. The number of pyridine rings is 1. The molecule has 1 unspecified atom stereocenters. The predicted molar refractivity (Wildman–Crippen MR) is 73.8 cm³/mol. The van der Waals surface area contributed by atoms with Gasteiger partial charge in [-0.3, -0.25) is 0 Å². The molecular formula is C13H11F3N2OS. The molecule has 0 aliphatic carbocycles. The summed E-state index contributed by atoms with van der Waals surface area (Å²) < 4.78 is 42.3. The third-order valence-electron chi connectivity index (χ3n) is 2.72. The van der Waals surface area contributed by atoms with Gasteiger partial charge in [-0.15, -0.1) is 0 Å². The minimum Gasteiger partial charge on any atom is -0.465 e. The van der Waals surface area contributed by atoms with Gasteiger partial charge in [-0.1, -0.05) is 30.4 Å². The monoisotopic (exact) mass is 300 g/mol. The number of ether oxygens (including phenoxy) is 1. The van der Waals surface area contributed by atoms with Crippen LogP contribution in [0.2, 0.25) is 0 Å². The van der Waals surface area contributed by atoms with Gasteiger partial charge in [-0.05, 0) is 13.0 Å². The van der Waals surface area contributed by atoms with Crippen LogP contribution in [0.15, 0.2) is 30.3 Å². The van der Waals surface area contributed by atoms with Crippen molar-refractivity contribution in [3.8, 4) is 5.88 Å². The highest BCUT2D eigenvalue weighted by Gasteiger charge is 2.38. The average Bonchev–Trinajstić information content (AvgIpc) is 2.36. The minimum absolute atomic E-state index is 0.0770. The van der Waals surface area contributed by atoms with Gasteiger partial charge in [-0.2, -0.15) is 13.2 Å². The molecule has 0 saturated carbocycles. The van der Waals surface area contributed by atoms with Crippen molar-refractivity contribution in [3.05, 3.63) is 35.9 Å². The summed E-state index contributed by atoms with van der Waals surface area (Å²) >= 11 is 4.91. The lowest BCUT2D eigenvalue weighted by atomic mass is 10.1. The first-order valence-corrected chi connectivity index (χ1v) is 6.13. The fourth-order valence-electron chi connectivity index (χ4n) is 1.66. The smallest absolute Gasteiger partial charge is 0.425 e. The molecule has 2 aromatic rings. The van der Waals surface area contributed by atoms with E-state index >= 15 is 0 Å². The predicted octanol–water partition coefficient (Wildman–Crippen LogP) is 3.20. The van der Waals surface area contributed by atoms with Crippen molar-refractivity contribution in [2.24, 2.45) is 5.73 Å². The molecule has 106 valence electrons. The zero-order valence-electron chi connectivity index (χ0n) is 10.4. The fraction of sp³-hybridized carbons (Fsp3) is 0.231. The summed E-state index contributed by atoms with van der Waals surface area (Å²) in [6, 6.07) is 8.21. The molecule has 1 aromatic carbocycles. The van der Waals surface area contributed by atoms with Crippen molar-refractivity contribution in [2.45, 2.75) is 19.2 Å². The Balaban J connectivity index is 2.48. The Kier molecular flexibility index (Phi) is 3.80. The van der Waals surface area contributed by atoms with Crippen LogP contribution in [0.4, 0.5) is 13.2 Å². The maximum Gasteiger partial charge on any atom is 0.425 e. The molecule has 0 aliphatic rings. The van der Waals surface area contributed by atoms with E-state index in [4.69, 9.17) is 22.7 Å². The van der Waals surface area contributed by atoms with Crippen molar-refractivity contribution in [3.63, 3.8) is 0 Å².